The maximum absolute atomic E-state index is 11.4. The van der Waals surface area contributed by atoms with Gasteiger partial charge in [0.1, 0.15) is 10.6 Å². The lowest BCUT2D eigenvalue weighted by molar-refractivity contribution is 0.403. The van der Waals surface area contributed by atoms with Crippen LogP contribution in [0.1, 0.15) is 23.6 Å². The molecule has 0 aliphatic carbocycles. The molecule has 0 saturated heterocycles. The van der Waals surface area contributed by atoms with Gasteiger partial charge in [-0.3, -0.25) is 23.3 Å². The lowest BCUT2D eigenvalue weighted by Crippen LogP contribution is -2.21. The smallest absolute Gasteiger partial charge is 0.269 e. The van der Waals surface area contributed by atoms with Gasteiger partial charge in [0.05, 0.1) is 0 Å². The number of aryl methyl sites for hydroxylation is 2. The molecule has 0 aliphatic rings. The van der Waals surface area contributed by atoms with Crippen molar-refractivity contribution in [3.8, 4) is 11.8 Å². The quantitative estimate of drug-likeness (QED) is 0.529. The fraction of sp³-hybridized carbons (Fsp3) is 0.412. The molecule has 3 N–H and O–H groups in total. The maximum Gasteiger partial charge on any atom is 0.269 e. The minimum atomic E-state index is -4.24. The molecule has 2 aromatic heterocycles. The monoisotopic (exact) mass is 464 g/mol. The fourth-order valence-corrected chi connectivity index (χ4v) is 4.53. The Bertz CT molecular complexity index is 1290. The molecule has 30 heavy (non-hydrogen) atoms. The van der Waals surface area contributed by atoms with E-state index < -0.39 is 48.6 Å². The van der Waals surface area contributed by atoms with Crippen LogP contribution < -0.4 is 11.1 Å². The minimum Gasteiger partial charge on any atom is -0.494 e. The zero-order valence-corrected chi connectivity index (χ0v) is 18.7. The van der Waals surface area contributed by atoms with E-state index in [-0.39, 0.29) is 22.6 Å². The molecular weight excluding hydrogens is 440 g/mol. The second-order valence-electron chi connectivity index (χ2n) is 6.59. The highest BCUT2D eigenvalue weighted by Gasteiger charge is 2.19. The molecule has 0 bridgehead atoms. The van der Waals surface area contributed by atoms with Gasteiger partial charge in [-0.15, -0.1) is 0 Å². The first-order chi connectivity index (χ1) is 13.5. The van der Waals surface area contributed by atoms with Crippen molar-refractivity contribution >= 4 is 20.0 Å². The van der Waals surface area contributed by atoms with Crippen molar-refractivity contribution in [3.05, 3.63) is 49.5 Å². The summed E-state index contributed by atoms with van der Waals surface area (Å²) in [5.74, 6) is -1.63. The highest BCUT2D eigenvalue weighted by atomic mass is 32.2. The Morgan fingerprint density at radius 1 is 0.933 bits per heavy atom. The Kier molecular flexibility index (Phi) is 7.63. The Labute approximate surface area is 173 Å². The number of hydrogen-bond donors (Lipinski definition) is 3. The topological polar surface area (TPSA) is 173 Å². The Morgan fingerprint density at radius 3 is 1.87 bits per heavy atom. The Morgan fingerprint density at radius 2 is 1.43 bits per heavy atom. The van der Waals surface area contributed by atoms with Gasteiger partial charge in [-0.2, -0.15) is 8.42 Å². The van der Waals surface area contributed by atoms with E-state index in [4.69, 9.17) is 4.55 Å². The van der Waals surface area contributed by atoms with Crippen molar-refractivity contribution in [2.45, 2.75) is 38.0 Å². The normalized spacial score (nSPS) is 11.7. The van der Waals surface area contributed by atoms with Crippen LogP contribution in [0, 0.1) is 13.8 Å². The highest BCUT2D eigenvalue weighted by molar-refractivity contribution is 7.90. The largest absolute Gasteiger partial charge is 0.494 e. The second kappa shape index (κ2) is 9.02. The van der Waals surface area contributed by atoms with Crippen LogP contribution in [0.15, 0.2) is 26.6 Å². The SMILES string of the molecule is CCn1c(O)c(CS(=O)(=O)O)c(C)cc1=O.Cc1cc(=O)n(C)c(O)c1S(C)(=O)=O. The summed E-state index contributed by atoms with van der Waals surface area (Å²) in [5.41, 5.74) is -0.203. The van der Waals surface area contributed by atoms with E-state index in [1.54, 1.807) is 6.92 Å². The van der Waals surface area contributed by atoms with Crippen molar-refractivity contribution < 1.29 is 31.6 Å². The first-order valence-corrected chi connectivity index (χ1v) is 12.0. The third-order valence-corrected chi connectivity index (χ3v) is 6.07. The van der Waals surface area contributed by atoms with Crippen LogP contribution in [0.4, 0.5) is 0 Å². The molecule has 0 fully saturated rings. The standard InChI is InChI=1S/C9H13NO5S.C8H11NO4S/c1-3-10-8(11)4-6(2)7(9(10)12)5-16(13,14)15;1-5-4-6(10)9(2)8(11)7(5)14(3,12)13/h4,12H,3,5H2,1-2H3,(H,13,14,15);4,11H,1-3H3. The number of sulfone groups is 1. The van der Waals surface area contributed by atoms with Crippen molar-refractivity contribution in [3.63, 3.8) is 0 Å². The average molecular weight is 465 g/mol. The third kappa shape index (κ3) is 5.93. The Hall–Kier alpha value is -2.64. The van der Waals surface area contributed by atoms with Gasteiger partial charge in [-0.25, -0.2) is 8.42 Å². The summed E-state index contributed by atoms with van der Waals surface area (Å²) >= 11 is 0. The van der Waals surface area contributed by atoms with Crippen LogP contribution >= 0.6 is 0 Å². The summed E-state index contributed by atoms with van der Waals surface area (Å²) in [7, 11) is -6.44. The summed E-state index contributed by atoms with van der Waals surface area (Å²) in [6.45, 7) is 4.84. The van der Waals surface area contributed by atoms with E-state index in [9.17, 15) is 36.6 Å². The lowest BCUT2D eigenvalue weighted by Gasteiger charge is -2.11. The van der Waals surface area contributed by atoms with Gasteiger partial charge >= 0.3 is 0 Å². The van der Waals surface area contributed by atoms with Gasteiger partial charge < -0.3 is 10.2 Å². The third-order valence-electron chi connectivity index (χ3n) is 4.17. The average Bonchev–Trinajstić information content (AvgIpc) is 2.55. The van der Waals surface area contributed by atoms with Crippen molar-refractivity contribution in [1.82, 2.24) is 9.13 Å². The summed E-state index contributed by atoms with van der Waals surface area (Å²) < 4.78 is 54.7. The number of hydrogen-bond acceptors (Lipinski definition) is 8. The van der Waals surface area contributed by atoms with Crippen LogP contribution in [0.2, 0.25) is 0 Å². The molecule has 0 radical (unpaired) electrons. The van der Waals surface area contributed by atoms with E-state index in [0.717, 1.165) is 15.4 Å². The van der Waals surface area contributed by atoms with Crippen molar-refractivity contribution in [1.29, 1.82) is 0 Å². The van der Waals surface area contributed by atoms with Crippen LogP contribution in [-0.4, -0.2) is 47.0 Å². The zero-order chi connectivity index (χ0) is 23.6. The molecule has 2 aromatic rings. The van der Waals surface area contributed by atoms with Gasteiger partial charge in [0.25, 0.3) is 21.2 Å². The summed E-state index contributed by atoms with van der Waals surface area (Å²) in [6.07, 6.45) is 0.986. The molecule has 0 amide bonds. The molecule has 168 valence electrons. The zero-order valence-electron chi connectivity index (χ0n) is 17.1. The summed E-state index contributed by atoms with van der Waals surface area (Å²) in [6, 6.07) is 2.40. The van der Waals surface area contributed by atoms with Crippen LogP contribution in [0.25, 0.3) is 0 Å². The summed E-state index contributed by atoms with van der Waals surface area (Å²) in [5, 5.41) is 19.2. The number of aromatic nitrogens is 2. The molecule has 13 heteroatoms. The number of rotatable bonds is 4. The number of nitrogens with zero attached hydrogens (tertiary/aromatic N) is 2. The van der Waals surface area contributed by atoms with E-state index in [2.05, 4.69) is 0 Å². The number of aromatic hydroxyl groups is 2. The lowest BCUT2D eigenvalue weighted by atomic mass is 10.2. The van der Waals surface area contributed by atoms with E-state index in [1.807, 2.05) is 0 Å². The molecule has 0 spiro atoms. The molecule has 2 heterocycles. The number of pyridine rings is 2. The van der Waals surface area contributed by atoms with E-state index >= 15 is 0 Å². The minimum absolute atomic E-state index is 0.0453. The van der Waals surface area contributed by atoms with Crippen molar-refractivity contribution in [2.75, 3.05) is 6.26 Å². The van der Waals surface area contributed by atoms with E-state index in [1.165, 1.54) is 33.0 Å². The van der Waals surface area contributed by atoms with Crippen LogP contribution in [0.3, 0.4) is 0 Å². The first-order valence-electron chi connectivity index (χ1n) is 8.48. The maximum atomic E-state index is 11.4. The van der Waals surface area contributed by atoms with Gasteiger partial charge in [-0.05, 0) is 31.9 Å². The molecule has 0 aromatic carbocycles. The van der Waals surface area contributed by atoms with Gasteiger partial charge in [0, 0.05) is 37.5 Å². The first kappa shape index (κ1) is 25.4. The molecule has 2 rings (SSSR count). The fourth-order valence-electron chi connectivity index (χ4n) is 2.70. The molecule has 0 aliphatic heterocycles. The molecular formula is C17H24N2O9S2. The van der Waals surface area contributed by atoms with Gasteiger partial charge in [-0.1, -0.05) is 0 Å². The predicted octanol–water partition coefficient (Wildman–Crippen LogP) is 0.0728. The molecule has 0 unspecified atom stereocenters. The van der Waals surface area contributed by atoms with Crippen LogP contribution in [-0.2, 0) is 39.3 Å². The highest BCUT2D eigenvalue weighted by Crippen LogP contribution is 2.23. The van der Waals surface area contributed by atoms with Gasteiger partial charge in [0.15, 0.2) is 15.7 Å². The Balaban J connectivity index is 0.000000303. The summed E-state index contributed by atoms with van der Waals surface area (Å²) in [4.78, 5) is 22.4. The molecule has 0 saturated carbocycles. The van der Waals surface area contributed by atoms with Crippen LogP contribution in [0.5, 0.6) is 11.8 Å². The van der Waals surface area contributed by atoms with Gasteiger partial charge in [0.2, 0.25) is 5.88 Å². The predicted molar refractivity (Wildman–Crippen MR) is 109 cm³/mol. The second-order valence-corrected chi connectivity index (χ2v) is 9.99. The van der Waals surface area contributed by atoms with Crippen molar-refractivity contribution in [2.24, 2.45) is 7.05 Å². The molecule has 11 nitrogen and oxygen atoms in total. The molecule has 0 atom stereocenters. The van der Waals surface area contributed by atoms with E-state index in [0.29, 0.717) is 5.56 Å².